The van der Waals surface area contributed by atoms with E-state index in [4.69, 9.17) is 10.8 Å². The first kappa shape index (κ1) is 12.8. The number of carbonyl (C=O) groups is 1. The summed E-state index contributed by atoms with van der Waals surface area (Å²) in [6.07, 6.45) is -2.45. The Morgan fingerprint density at radius 1 is 1.44 bits per heavy atom. The van der Waals surface area contributed by atoms with Crippen LogP contribution in [0.15, 0.2) is 18.2 Å². The third kappa shape index (κ3) is 2.46. The number of hydrogen-bond donors (Lipinski definition) is 5. The summed E-state index contributed by atoms with van der Waals surface area (Å²) in [5, 5.41) is 28.1. The molecular weight excluding hydrogens is 230 g/mol. The molecule has 0 fully saturated rings. The van der Waals surface area contributed by atoms with E-state index in [1.165, 1.54) is 18.2 Å². The lowest BCUT2D eigenvalue weighted by molar-refractivity contribution is 0.0323. The van der Waals surface area contributed by atoms with Gasteiger partial charge in [-0.25, -0.2) is 4.79 Å². The molecule has 0 aromatic heterocycles. The van der Waals surface area contributed by atoms with E-state index in [0.717, 1.165) is 0 Å². The van der Waals surface area contributed by atoms with Gasteiger partial charge in [0.2, 0.25) is 0 Å². The highest BCUT2D eigenvalue weighted by atomic mass is 32.1. The van der Waals surface area contributed by atoms with Gasteiger partial charge in [0.15, 0.2) is 0 Å². The first-order valence-corrected chi connectivity index (χ1v) is 5.21. The highest BCUT2D eigenvalue weighted by molar-refractivity contribution is 7.80. The van der Waals surface area contributed by atoms with Crippen molar-refractivity contribution in [2.75, 3.05) is 11.5 Å². The van der Waals surface area contributed by atoms with Crippen molar-refractivity contribution in [2.45, 2.75) is 12.2 Å². The van der Waals surface area contributed by atoms with Crippen molar-refractivity contribution < 1.29 is 20.1 Å². The normalized spacial score (nSPS) is 14.4. The SMILES string of the molecule is Nc1cccc(C(O)C(O)CS)c1C(=O)O. The number of nitrogen functional groups attached to an aromatic ring is 1. The van der Waals surface area contributed by atoms with Crippen LogP contribution < -0.4 is 5.73 Å². The Kier molecular flexibility index (Phi) is 4.17. The minimum Gasteiger partial charge on any atom is -0.478 e. The van der Waals surface area contributed by atoms with Crippen molar-refractivity contribution >= 4 is 24.3 Å². The molecule has 0 saturated heterocycles. The summed E-state index contributed by atoms with van der Waals surface area (Å²) in [4.78, 5) is 11.0. The maximum atomic E-state index is 11.0. The summed E-state index contributed by atoms with van der Waals surface area (Å²) >= 11 is 3.83. The van der Waals surface area contributed by atoms with E-state index in [9.17, 15) is 15.0 Å². The van der Waals surface area contributed by atoms with Gasteiger partial charge in [0, 0.05) is 11.4 Å². The average molecular weight is 243 g/mol. The monoisotopic (exact) mass is 243 g/mol. The smallest absolute Gasteiger partial charge is 0.338 e. The predicted molar refractivity (Wildman–Crippen MR) is 62.6 cm³/mol. The van der Waals surface area contributed by atoms with Crippen molar-refractivity contribution in [1.82, 2.24) is 0 Å². The molecule has 0 heterocycles. The molecule has 88 valence electrons. The number of nitrogens with two attached hydrogens (primary N) is 1. The van der Waals surface area contributed by atoms with Crippen LogP contribution in [0.25, 0.3) is 0 Å². The van der Waals surface area contributed by atoms with Crippen LogP contribution in [0.2, 0.25) is 0 Å². The molecule has 1 aromatic rings. The molecule has 0 aliphatic heterocycles. The summed E-state index contributed by atoms with van der Waals surface area (Å²) in [5.41, 5.74) is 5.47. The molecule has 2 atom stereocenters. The maximum absolute atomic E-state index is 11.0. The van der Waals surface area contributed by atoms with Gasteiger partial charge in [0.25, 0.3) is 0 Å². The first-order valence-electron chi connectivity index (χ1n) is 4.57. The zero-order valence-electron chi connectivity index (χ0n) is 8.37. The quantitative estimate of drug-likeness (QED) is 0.386. The van der Waals surface area contributed by atoms with Crippen LogP contribution in [-0.4, -0.2) is 33.1 Å². The Morgan fingerprint density at radius 2 is 2.06 bits per heavy atom. The van der Waals surface area contributed by atoms with Crippen LogP contribution in [0.1, 0.15) is 22.0 Å². The second-order valence-electron chi connectivity index (χ2n) is 3.31. The standard InChI is InChI=1S/C10H13NO4S/c11-6-3-1-2-5(8(6)10(14)15)9(13)7(12)4-16/h1-3,7,9,12-13,16H,4,11H2,(H,14,15). The lowest BCUT2D eigenvalue weighted by Gasteiger charge is -2.18. The number of rotatable bonds is 4. The van der Waals surface area contributed by atoms with Gasteiger partial charge in [0.1, 0.15) is 6.10 Å². The summed E-state index contributed by atoms with van der Waals surface area (Å²) in [6.45, 7) is 0. The number of aliphatic hydroxyl groups excluding tert-OH is 2. The molecule has 2 unspecified atom stereocenters. The van der Waals surface area contributed by atoms with Crippen molar-refractivity contribution in [3.05, 3.63) is 29.3 Å². The van der Waals surface area contributed by atoms with E-state index in [-0.39, 0.29) is 22.6 Å². The van der Waals surface area contributed by atoms with Gasteiger partial charge in [-0.05, 0) is 11.6 Å². The Bertz CT molecular complexity index is 396. The molecule has 0 saturated carbocycles. The molecule has 0 amide bonds. The zero-order chi connectivity index (χ0) is 12.3. The average Bonchev–Trinajstić information content (AvgIpc) is 2.26. The number of hydrogen-bond acceptors (Lipinski definition) is 5. The summed E-state index contributed by atoms with van der Waals surface area (Å²) < 4.78 is 0. The summed E-state index contributed by atoms with van der Waals surface area (Å²) in [5.74, 6) is -1.21. The lowest BCUT2D eigenvalue weighted by atomic mass is 9.98. The molecule has 1 aromatic carbocycles. The van der Waals surface area contributed by atoms with Gasteiger partial charge in [-0.15, -0.1) is 0 Å². The van der Waals surface area contributed by atoms with E-state index in [2.05, 4.69) is 12.6 Å². The van der Waals surface area contributed by atoms with Crippen LogP contribution >= 0.6 is 12.6 Å². The van der Waals surface area contributed by atoms with Gasteiger partial charge in [-0.3, -0.25) is 0 Å². The first-order chi connectivity index (χ1) is 7.49. The molecule has 16 heavy (non-hydrogen) atoms. The van der Waals surface area contributed by atoms with Crippen molar-refractivity contribution in [2.24, 2.45) is 0 Å². The van der Waals surface area contributed by atoms with Crippen LogP contribution in [0, 0.1) is 0 Å². The molecule has 0 aliphatic rings. The van der Waals surface area contributed by atoms with Gasteiger partial charge in [0.05, 0.1) is 11.7 Å². The van der Waals surface area contributed by atoms with Crippen molar-refractivity contribution in [3.63, 3.8) is 0 Å². The number of carboxylic acid groups (broad SMARTS) is 1. The van der Waals surface area contributed by atoms with Gasteiger partial charge in [-0.1, -0.05) is 12.1 Å². The fourth-order valence-corrected chi connectivity index (χ4v) is 1.59. The number of benzene rings is 1. The molecule has 5 nitrogen and oxygen atoms in total. The topological polar surface area (TPSA) is 104 Å². The Labute approximate surface area is 97.9 Å². The molecule has 1 rings (SSSR count). The highest BCUT2D eigenvalue weighted by Gasteiger charge is 2.24. The van der Waals surface area contributed by atoms with Crippen LogP contribution in [-0.2, 0) is 0 Å². The van der Waals surface area contributed by atoms with E-state index in [0.29, 0.717) is 0 Å². The number of thiol groups is 1. The molecule has 0 bridgehead atoms. The van der Waals surface area contributed by atoms with Gasteiger partial charge < -0.3 is 21.1 Å². The van der Waals surface area contributed by atoms with Gasteiger partial charge in [-0.2, -0.15) is 12.6 Å². The molecule has 0 aliphatic carbocycles. The van der Waals surface area contributed by atoms with Gasteiger partial charge >= 0.3 is 5.97 Å². The van der Waals surface area contributed by atoms with Crippen molar-refractivity contribution in [1.29, 1.82) is 0 Å². The fourth-order valence-electron chi connectivity index (χ4n) is 1.39. The lowest BCUT2D eigenvalue weighted by Crippen LogP contribution is -2.22. The molecule has 6 heteroatoms. The second kappa shape index (κ2) is 5.20. The van der Waals surface area contributed by atoms with Crippen LogP contribution in [0.5, 0.6) is 0 Å². The number of anilines is 1. The Hall–Kier alpha value is -1.24. The van der Waals surface area contributed by atoms with E-state index in [1.807, 2.05) is 0 Å². The van der Waals surface area contributed by atoms with Crippen LogP contribution in [0.3, 0.4) is 0 Å². The number of aliphatic hydroxyl groups is 2. The number of aromatic carboxylic acids is 1. The molecule has 5 N–H and O–H groups in total. The second-order valence-corrected chi connectivity index (χ2v) is 3.68. The third-order valence-electron chi connectivity index (χ3n) is 2.21. The van der Waals surface area contributed by atoms with E-state index in [1.54, 1.807) is 0 Å². The molecule has 0 radical (unpaired) electrons. The Morgan fingerprint density at radius 3 is 2.56 bits per heavy atom. The molecular formula is C10H13NO4S. The maximum Gasteiger partial charge on any atom is 0.338 e. The Balaban J connectivity index is 3.22. The number of carboxylic acids is 1. The third-order valence-corrected chi connectivity index (χ3v) is 2.59. The summed E-state index contributed by atoms with van der Waals surface area (Å²) in [7, 11) is 0. The van der Waals surface area contributed by atoms with Crippen LogP contribution in [0.4, 0.5) is 5.69 Å². The molecule has 0 spiro atoms. The summed E-state index contributed by atoms with van der Waals surface area (Å²) in [6, 6.07) is 4.36. The fraction of sp³-hybridized carbons (Fsp3) is 0.300. The van der Waals surface area contributed by atoms with E-state index < -0.39 is 18.2 Å². The van der Waals surface area contributed by atoms with Crippen molar-refractivity contribution in [3.8, 4) is 0 Å². The zero-order valence-corrected chi connectivity index (χ0v) is 9.26. The minimum absolute atomic E-state index is 0.0228. The van der Waals surface area contributed by atoms with E-state index >= 15 is 0 Å². The highest BCUT2D eigenvalue weighted by Crippen LogP contribution is 2.25. The predicted octanol–water partition coefficient (Wildman–Crippen LogP) is 0.291. The minimum atomic E-state index is -1.31. The largest absolute Gasteiger partial charge is 0.478 e.